The van der Waals surface area contributed by atoms with Crippen molar-refractivity contribution in [1.29, 1.82) is 0 Å². The van der Waals surface area contributed by atoms with Crippen LogP contribution in [0, 0.1) is 0 Å². The van der Waals surface area contributed by atoms with E-state index in [2.05, 4.69) is 35.7 Å². The third kappa shape index (κ3) is 2.09. The van der Waals surface area contributed by atoms with Crippen LogP contribution in [0.5, 0.6) is 0 Å². The summed E-state index contributed by atoms with van der Waals surface area (Å²) in [6, 6.07) is 8.88. The zero-order valence-corrected chi connectivity index (χ0v) is 12.7. The Bertz CT molecular complexity index is 602. The summed E-state index contributed by atoms with van der Waals surface area (Å²) >= 11 is 0. The van der Waals surface area contributed by atoms with Gasteiger partial charge in [-0.3, -0.25) is 4.79 Å². The van der Waals surface area contributed by atoms with Crippen LogP contribution in [0.3, 0.4) is 0 Å². The van der Waals surface area contributed by atoms with Gasteiger partial charge < -0.3 is 15.3 Å². The van der Waals surface area contributed by atoms with Crippen molar-refractivity contribution in [2.45, 2.75) is 37.3 Å². The largest absolute Gasteiger partial charge is 0.394 e. The number of carbonyl (C=O) groups is 1. The van der Waals surface area contributed by atoms with Gasteiger partial charge >= 0.3 is 0 Å². The van der Waals surface area contributed by atoms with Crippen LogP contribution in [-0.4, -0.2) is 47.7 Å². The Balaban J connectivity index is 1.57. The highest BCUT2D eigenvalue weighted by Gasteiger charge is 2.52. The van der Waals surface area contributed by atoms with Crippen LogP contribution in [0.4, 0.5) is 0 Å². The molecule has 1 aliphatic carbocycles. The summed E-state index contributed by atoms with van der Waals surface area (Å²) in [5.41, 5.74) is 4.00. The second-order valence-electron chi connectivity index (χ2n) is 6.52. The molecule has 1 amide bonds. The number of hydrogen-bond donors (Lipinski definition) is 2. The van der Waals surface area contributed by atoms with Gasteiger partial charge in [0.1, 0.15) is 0 Å². The summed E-state index contributed by atoms with van der Waals surface area (Å²) in [7, 11) is 0. The zero-order chi connectivity index (χ0) is 15.1. The van der Waals surface area contributed by atoms with Crippen LogP contribution in [-0.2, 0) is 4.79 Å². The minimum Gasteiger partial charge on any atom is -0.394 e. The average Bonchev–Trinajstić information content (AvgIpc) is 3.04. The Labute approximate surface area is 130 Å². The van der Waals surface area contributed by atoms with Gasteiger partial charge in [-0.05, 0) is 36.0 Å². The van der Waals surface area contributed by atoms with Crippen LogP contribution >= 0.6 is 0 Å². The molecule has 4 nitrogen and oxygen atoms in total. The number of aliphatic hydroxyl groups excluding tert-OH is 1. The average molecular weight is 298 g/mol. The Morgan fingerprint density at radius 1 is 1.27 bits per heavy atom. The lowest BCUT2D eigenvalue weighted by Gasteiger charge is -2.57. The van der Waals surface area contributed by atoms with Crippen molar-refractivity contribution in [3.8, 4) is 0 Å². The van der Waals surface area contributed by atoms with Gasteiger partial charge in [0.25, 0.3) is 0 Å². The molecule has 4 rings (SSSR count). The van der Waals surface area contributed by atoms with Crippen molar-refractivity contribution in [1.82, 2.24) is 10.2 Å². The number of piperazine rings is 1. The second-order valence-corrected chi connectivity index (χ2v) is 6.52. The number of rotatable bonds is 3. The van der Waals surface area contributed by atoms with Crippen molar-refractivity contribution >= 4 is 11.5 Å². The summed E-state index contributed by atoms with van der Waals surface area (Å²) in [4.78, 5) is 13.8. The topological polar surface area (TPSA) is 52.6 Å². The standard InChI is InChI=1S/C18H22N2O2/c21-11-16-18(15-9-19-10-17(22)20(15)16)14-7-5-13(6-8-14)12-3-1-2-4-12/h3,5-8,15-16,18-19,21H,1-2,4,9-11H2/t15-,16-,18+/m0/s1. The van der Waals surface area contributed by atoms with Crippen molar-refractivity contribution in [2.75, 3.05) is 19.7 Å². The highest BCUT2D eigenvalue weighted by molar-refractivity contribution is 5.81. The first-order valence-corrected chi connectivity index (χ1v) is 8.21. The molecule has 0 radical (unpaired) electrons. The van der Waals surface area contributed by atoms with Crippen molar-refractivity contribution in [3.63, 3.8) is 0 Å². The molecule has 0 aromatic heterocycles. The van der Waals surface area contributed by atoms with Crippen molar-refractivity contribution < 1.29 is 9.90 Å². The number of hydrogen-bond acceptors (Lipinski definition) is 3. The SMILES string of the molecule is O=C1CNC[C@H]2[C@@H](c3ccc(C4=CCCC4)cc3)[C@H](CO)N12. The lowest BCUT2D eigenvalue weighted by molar-refractivity contribution is -0.153. The minimum absolute atomic E-state index is 0.0415. The van der Waals surface area contributed by atoms with Gasteiger partial charge in [0, 0.05) is 12.5 Å². The third-order valence-corrected chi connectivity index (χ3v) is 5.36. The van der Waals surface area contributed by atoms with E-state index < -0.39 is 0 Å². The summed E-state index contributed by atoms with van der Waals surface area (Å²) in [6.07, 6.45) is 5.96. The highest BCUT2D eigenvalue weighted by Crippen LogP contribution is 2.41. The van der Waals surface area contributed by atoms with E-state index in [1.165, 1.54) is 36.0 Å². The van der Waals surface area contributed by atoms with Gasteiger partial charge in [0.05, 0.1) is 25.2 Å². The summed E-state index contributed by atoms with van der Waals surface area (Å²) in [6.45, 7) is 1.26. The molecule has 3 aliphatic rings. The summed E-state index contributed by atoms with van der Waals surface area (Å²) < 4.78 is 0. The Morgan fingerprint density at radius 3 is 2.77 bits per heavy atom. The Kier molecular flexibility index (Phi) is 3.51. The number of allylic oxidation sites excluding steroid dienone is 2. The molecule has 1 aromatic rings. The molecule has 116 valence electrons. The monoisotopic (exact) mass is 298 g/mol. The van der Waals surface area contributed by atoms with Crippen LogP contribution in [0.2, 0.25) is 0 Å². The second kappa shape index (κ2) is 5.52. The van der Waals surface area contributed by atoms with E-state index >= 15 is 0 Å². The van der Waals surface area contributed by atoms with Crippen LogP contribution in [0.25, 0.3) is 5.57 Å². The third-order valence-electron chi connectivity index (χ3n) is 5.36. The van der Waals surface area contributed by atoms with Crippen LogP contribution in [0.15, 0.2) is 30.3 Å². The maximum atomic E-state index is 12.0. The molecule has 0 bridgehead atoms. The number of fused-ring (bicyclic) bond motifs is 1. The smallest absolute Gasteiger partial charge is 0.237 e. The molecule has 2 N–H and O–H groups in total. The summed E-state index contributed by atoms with van der Waals surface area (Å²) in [5, 5.41) is 12.9. The molecule has 0 spiro atoms. The van der Waals surface area contributed by atoms with E-state index in [0.717, 1.165) is 6.54 Å². The fraction of sp³-hybridized carbons (Fsp3) is 0.500. The van der Waals surface area contributed by atoms with Gasteiger partial charge in [0.2, 0.25) is 5.91 Å². The molecule has 3 atom stereocenters. The van der Waals surface area contributed by atoms with E-state index in [9.17, 15) is 9.90 Å². The highest BCUT2D eigenvalue weighted by atomic mass is 16.3. The molecule has 4 heteroatoms. The maximum absolute atomic E-state index is 12.0. The number of carbonyl (C=O) groups excluding carboxylic acids is 1. The molecular weight excluding hydrogens is 276 g/mol. The minimum atomic E-state index is -0.0591. The number of nitrogens with zero attached hydrogens (tertiary/aromatic N) is 1. The first-order valence-electron chi connectivity index (χ1n) is 8.21. The maximum Gasteiger partial charge on any atom is 0.237 e. The number of nitrogens with one attached hydrogen (secondary N) is 1. The molecule has 1 aromatic carbocycles. The van der Waals surface area contributed by atoms with Crippen LogP contribution < -0.4 is 5.32 Å². The first kappa shape index (κ1) is 14.0. The lowest BCUT2D eigenvalue weighted by atomic mass is 9.74. The predicted molar refractivity (Wildman–Crippen MR) is 85.4 cm³/mol. The molecule has 2 aliphatic heterocycles. The zero-order valence-electron chi connectivity index (χ0n) is 12.7. The lowest BCUT2D eigenvalue weighted by Crippen LogP contribution is -2.72. The van der Waals surface area contributed by atoms with E-state index in [1.807, 2.05) is 4.90 Å². The molecule has 22 heavy (non-hydrogen) atoms. The quantitative estimate of drug-likeness (QED) is 0.889. The van der Waals surface area contributed by atoms with Gasteiger partial charge in [-0.1, -0.05) is 30.3 Å². The molecule has 2 heterocycles. The van der Waals surface area contributed by atoms with E-state index in [-0.39, 0.29) is 30.5 Å². The molecule has 0 saturated carbocycles. The normalized spacial score (nSPS) is 30.8. The van der Waals surface area contributed by atoms with Gasteiger partial charge in [-0.15, -0.1) is 0 Å². The van der Waals surface area contributed by atoms with Crippen molar-refractivity contribution in [2.24, 2.45) is 0 Å². The molecular formula is C18H22N2O2. The number of benzene rings is 1. The van der Waals surface area contributed by atoms with Gasteiger partial charge in [-0.2, -0.15) is 0 Å². The molecule has 0 unspecified atom stereocenters. The summed E-state index contributed by atoms with van der Waals surface area (Å²) in [5.74, 6) is 0.354. The predicted octanol–water partition coefficient (Wildman–Crippen LogP) is 1.51. The van der Waals surface area contributed by atoms with E-state index in [0.29, 0.717) is 6.54 Å². The molecule has 2 saturated heterocycles. The van der Waals surface area contributed by atoms with Crippen LogP contribution in [0.1, 0.15) is 36.3 Å². The fourth-order valence-electron chi connectivity index (χ4n) is 4.26. The number of aliphatic hydroxyl groups is 1. The molecule has 2 fully saturated rings. The van der Waals surface area contributed by atoms with E-state index in [1.54, 1.807) is 0 Å². The van der Waals surface area contributed by atoms with Gasteiger partial charge in [0.15, 0.2) is 0 Å². The van der Waals surface area contributed by atoms with Crippen molar-refractivity contribution in [3.05, 3.63) is 41.5 Å². The van der Waals surface area contributed by atoms with E-state index in [4.69, 9.17) is 0 Å². The Morgan fingerprint density at radius 2 is 2.09 bits per heavy atom. The first-order chi connectivity index (χ1) is 10.8. The number of amides is 1. The fourth-order valence-corrected chi connectivity index (χ4v) is 4.26. The Hall–Kier alpha value is -1.65. The van der Waals surface area contributed by atoms with Gasteiger partial charge in [-0.25, -0.2) is 0 Å².